The fourth-order valence-corrected chi connectivity index (χ4v) is 5.27. The fourth-order valence-electron chi connectivity index (χ4n) is 5.27. The molecule has 1 fully saturated rings. The van der Waals surface area contributed by atoms with Gasteiger partial charge in [0.1, 0.15) is 5.69 Å². The highest BCUT2D eigenvalue weighted by Crippen LogP contribution is 2.46. The smallest absolute Gasteiger partial charge is 0.277 e. The molecule has 1 aliphatic heterocycles. The second-order valence-corrected chi connectivity index (χ2v) is 10.0. The number of nitrogens with zero attached hydrogens (tertiary/aromatic N) is 4. The summed E-state index contributed by atoms with van der Waals surface area (Å²) in [6.07, 6.45) is 5.02. The lowest BCUT2D eigenvalue weighted by molar-refractivity contribution is 0.0946. The van der Waals surface area contributed by atoms with Crippen molar-refractivity contribution in [1.29, 1.82) is 5.26 Å². The largest absolute Gasteiger partial charge is 0.322 e. The second-order valence-electron chi connectivity index (χ2n) is 10.0. The molecule has 0 saturated heterocycles. The van der Waals surface area contributed by atoms with Crippen LogP contribution in [0.1, 0.15) is 58.7 Å². The number of hydrogen-bond donors (Lipinski definition) is 1. The number of nitriles is 1. The molecule has 2 amide bonds. The zero-order chi connectivity index (χ0) is 23.9. The Morgan fingerprint density at radius 1 is 1.18 bits per heavy atom. The number of carbonyl (C=O) groups is 2. The van der Waals surface area contributed by atoms with Gasteiger partial charge in [-0.2, -0.15) is 10.4 Å². The van der Waals surface area contributed by atoms with Crippen LogP contribution in [0, 0.1) is 22.7 Å². The van der Waals surface area contributed by atoms with E-state index in [9.17, 15) is 9.59 Å². The summed E-state index contributed by atoms with van der Waals surface area (Å²) in [6.45, 7) is 5.64. The van der Waals surface area contributed by atoms with Crippen LogP contribution in [0.2, 0.25) is 0 Å². The Balaban J connectivity index is 1.31. The minimum atomic E-state index is -0.426. The van der Waals surface area contributed by atoms with Crippen LogP contribution >= 0.6 is 0 Å². The van der Waals surface area contributed by atoms with E-state index >= 15 is 0 Å². The molecule has 1 aliphatic carbocycles. The number of anilines is 2. The molecule has 172 valence electrons. The van der Waals surface area contributed by atoms with Gasteiger partial charge in [0.25, 0.3) is 11.8 Å². The van der Waals surface area contributed by atoms with Gasteiger partial charge in [0.05, 0.1) is 29.9 Å². The number of fused-ring (bicyclic) bond motifs is 1. The molecule has 7 heteroatoms. The predicted molar refractivity (Wildman–Crippen MR) is 130 cm³/mol. The highest BCUT2D eigenvalue weighted by Gasteiger charge is 2.36. The van der Waals surface area contributed by atoms with Gasteiger partial charge in [0.15, 0.2) is 0 Å². The van der Waals surface area contributed by atoms with E-state index in [0.717, 1.165) is 18.0 Å². The third-order valence-electron chi connectivity index (χ3n) is 6.77. The molecule has 2 heterocycles. The van der Waals surface area contributed by atoms with Crippen molar-refractivity contribution in [3.05, 3.63) is 77.1 Å². The van der Waals surface area contributed by atoms with Gasteiger partial charge in [-0.1, -0.05) is 32.0 Å². The molecule has 0 bridgehead atoms. The molecular weight excluding hydrogens is 426 g/mol. The number of rotatable bonds is 5. The number of nitrogens with one attached hydrogen (secondary N) is 1. The fraction of sp³-hybridized carbons (Fsp3) is 0.333. The quantitative estimate of drug-likeness (QED) is 0.609. The van der Waals surface area contributed by atoms with Crippen molar-refractivity contribution < 1.29 is 9.59 Å². The van der Waals surface area contributed by atoms with Crippen molar-refractivity contribution in [2.45, 2.75) is 39.7 Å². The summed E-state index contributed by atoms with van der Waals surface area (Å²) in [7, 11) is 0. The van der Waals surface area contributed by atoms with Crippen LogP contribution in [0.5, 0.6) is 0 Å². The Kier molecular flexibility index (Phi) is 5.45. The monoisotopic (exact) mass is 453 g/mol. The summed E-state index contributed by atoms with van der Waals surface area (Å²) in [4.78, 5) is 28.0. The van der Waals surface area contributed by atoms with E-state index in [1.807, 2.05) is 12.1 Å². The van der Waals surface area contributed by atoms with Gasteiger partial charge in [0.2, 0.25) is 0 Å². The van der Waals surface area contributed by atoms with Crippen molar-refractivity contribution in [2.24, 2.45) is 11.3 Å². The molecule has 7 nitrogen and oxygen atoms in total. The zero-order valence-corrected chi connectivity index (χ0v) is 19.4. The van der Waals surface area contributed by atoms with E-state index in [-0.39, 0.29) is 17.2 Å². The van der Waals surface area contributed by atoms with Crippen LogP contribution in [0.4, 0.5) is 11.4 Å². The van der Waals surface area contributed by atoms with E-state index in [4.69, 9.17) is 5.26 Å². The van der Waals surface area contributed by atoms with E-state index in [1.54, 1.807) is 33.8 Å². The summed E-state index contributed by atoms with van der Waals surface area (Å²) in [5.41, 5.74) is 4.02. The molecule has 2 aliphatic rings. The van der Waals surface area contributed by atoms with Gasteiger partial charge in [-0.15, -0.1) is 0 Å². The topological polar surface area (TPSA) is 91.0 Å². The molecule has 0 spiro atoms. The predicted octanol–water partition coefficient (Wildman–Crippen LogP) is 4.65. The molecule has 0 unspecified atom stereocenters. The lowest BCUT2D eigenvalue weighted by atomic mass is 9.63. The van der Waals surface area contributed by atoms with Crippen molar-refractivity contribution in [3.63, 3.8) is 0 Å². The first-order valence-corrected chi connectivity index (χ1v) is 11.6. The van der Waals surface area contributed by atoms with Crippen molar-refractivity contribution in [2.75, 3.05) is 16.8 Å². The zero-order valence-electron chi connectivity index (χ0n) is 19.4. The maximum absolute atomic E-state index is 13.4. The molecule has 1 saturated carbocycles. The lowest BCUT2D eigenvalue weighted by Crippen LogP contribution is -2.41. The van der Waals surface area contributed by atoms with E-state index in [1.165, 1.54) is 24.6 Å². The molecular formula is C27H27N5O2. The SMILES string of the molecule is CC1(C)CC(Cc2ccc(N3CCn4ncc(C(=O)Nc5cccc(C#N)c5)c4C3=O)cc2)C1. The van der Waals surface area contributed by atoms with Gasteiger partial charge < -0.3 is 10.2 Å². The second kappa shape index (κ2) is 8.45. The maximum atomic E-state index is 13.4. The number of benzene rings is 2. The van der Waals surface area contributed by atoms with Crippen molar-refractivity contribution in [1.82, 2.24) is 9.78 Å². The maximum Gasteiger partial charge on any atom is 0.277 e. The van der Waals surface area contributed by atoms with Gasteiger partial charge in [0, 0.05) is 17.9 Å². The summed E-state index contributed by atoms with van der Waals surface area (Å²) >= 11 is 0. The number of hydrogen-bond acceptors (Lipinski definition) is 4. The molecule has 0 radical (unpaired) electrons. The Bertz CT molecular complexity index is 1290. The molecule has 1 aromatic heterocycles. The minimum absolute atomic E-state index is 0.223. The third-order valence-corrected chi connectivity index (χ3v) is 6.77. The Labute approximate surface area is 199 Å². The molecule has 3 aromatic rings. The van der Waals surface area contributed by atoms with Crippen molar-refractivity contribution in [3.8, 4) is 6.07 Å². The summed E-state index contributed by atoms with van der Waals surface area (Å²) in [5.74, 6) is 0.0697. The van der Waals surface area contributed by atoms with Gasteiger partial charge in [-0.05, 0) is 66.5 Å². The van der Waals surface area contributed by atoms with Crippen LogP contribution in [0.15, 0.2) is 54.7 Å². The van der Waals surface area contributed by atoms with Crippen LogP contribution in [-0.4, -0.2) is 28.1 Å². The first kappa shape index (κ1) is 21.9. The van der Waals surface area contributed by atoms with Gasteiger partial charge in [-0.25, -0.2) is 0 Å². The van der Waals surface area contributed by atoms with Gasteiger partial charge >= 0.3 is 0 Å². The van der Waals surface area contributed by atoms with Crippen LogP contribution < -0.4 is 10.2 Å². The average molecular weight is 454 g/mol. The minimum Gasteiger partial charge on any atom is -0.322 e. The number of aromatic nitrogens is 2. The van der Waals surface area contributed by atoms with E-state index in [0.29, 0.717) is 29.8 Å². The highest BCUT2D eigenvalue weighted by atomic mass is 16.2. The Morgan fingerprint density at radius 3 is 2.65 bits per heavy atom. The Morgan fingerprint density at radius 2 is 1.94 bits per heavy atom. The van der Waals surface area contributed by atoms with Crippen molar-refractivity contribution >= 4 is 23.2 Å². The van der Waals surface area contributed by atoms with Gasteiger partial charge in [-0.3, -0.25) is 14.3 Å². The molecule has 1 N–H and O–H groups in total. The number of carbonyl (C=O) groups excluding carboxylic acids is 2. The summed E-state index contributed by atoms with van der Waals surface area (Å²) < 4.78 is 1.59. The van der Waals surface area contributed by atoms with E-state index in [2.05, 4.69) is 42.5 Å². The molecule has 5 rings (SSSR count). The van der Waals surface area contributed by atoms with Crippen LogP contribution in [-0.2, 0) is 13.0 Å². The molecule has 34 heavy (non-hydrogen) atoms. The average Bonchev–Trinajstić information content (AvgIpc) is 3.24. The summed E-state index contributed by atoms with van der Waals surface area (Å²) in [6, 6.07) is 16.9. The van der Waals surface area contributed by atoms with E-state index < -0.39 is 5.91 Å². The standard InChI is InChI=1S/C27H27N5O2/c1-27(2)14-20(15-27)12-18-6-8-22(9-7-18)31-10-11-32-24(26(31)34)23(17-29-32)25(33)30-21-5-3-4-19(13-21)16-28/h3-9,13,17,20H,10-12,14-15H2,1-2H3,(H,30,33). The number of amides is 2. The van der Waals surface area contributed by atoms with Crippen LogP contribution in [0.25, 0.3) is 0 Å². The summed E-state index contributed by atoms with van der Waals surface area (Å²) in [5, 5.41) is 16.1. The molecule has 2 aromatic carbocycles. The first-order chi connectivity index (χ1) is 16.3. The third kappa shape index (κ3) is 4.19. The first-order valence-electron chi connectivity index (χ1n) is 11.6. The Hall–Kier alpha value is -3.92. The molecule has 0 atom stereocenters. The normalized spacial score (nSPS) is 17.0. The van der Waals surface area contributed by atoms with Crippen LogP contribution in [0.3, 0.4) is 0 Å². The highest BCUT2D eigenvalue weighted by molar-refractivity contribution is 6.15. The lowest BCUT2D eigenvalue weighted by Gasteiger charge is -2.43.